The molecule has 0 amide bonds. The second-order valence-electron chi connectivity index (χ2n) is 3.41. The summed E-state index contributed by atoms with van der Waals surface area (Å²) in [7, 11) is 0. The Hall–Kier alpha value is -1.09. The first-order chi connectivity index (χ1) is 7.91. The third-order valence-corrected chi connectivity index (χ3v) is 2.35. The summed E-state index contributed by atoms with van der Waals surface area (Å²) in [6.45, 7) is -0.919. The van der Waals surface area contributed by atoms with Crippen molar-refractivity contribution in [3.05, 3.63) is 0 Å². The number of unbranched alkanes of at least 4 members (excludes halogenated alkanes) is 2. The van der Waals surface area contributed by atoms with Gasteiger partial charge in [0.2, 0.25) is 0 Å². The van der Waals surface area contributed by atoms with Gasteiger partial charge >= 0.3 is 17.9 Å². The molecule has 0 aliphatic carbocycles. The highest BCUT2D eigenvalue weighted by Crippen LogP contribution is 2.37. The summed E-state index contributed by atoms with van der Waals surface area (Å²) < 4.78 is 46.4. The molecule has 1 saturated heterocycles. The third-order valence-electron chi connectivity index (χ3n) is 2.08. The molecule has 0 aromatic carbocycles. The van der Waals surface area contributed by atoms with E-state index in [1.54, 1.807) is 0 Å². The van der Waals surface area contributed by atoms with Gasteiger partial charge in [-0.05, 0) is 18.8 Å². The van der Waals surface area contributed by atoms with Gasteiger partial charge in [0, 0.05) is 12.3 Å². The van der Waals surface area contributed by atoms with Crippen LogP contribution in [0, 0.1) is 11.8 Å². The second-order valence-corrected chi connectivity index (χ2v) is 3.79. The molecular formula is C10H10ClF3O3. The molecule has 0 N–H and O–H groups in total. The molecule has 1 aliphatic rings. The summed E-state index contributed by atoms with van der Waals surface area (Å²) in [4.78, 5) is 10.6. The summed E-state index contributed by atoms with van der Waals surface area (Å²) in [5.74, 6) is 4.72. The van der Waals surface area contributed by atoms with Gasteiger partial charge < -0.3 is 9.47 Å². The summed E-state index contributed by atoms with van der Waals surface area (Å²) in [5.41, 5.74) is -2.81. The van der Waals surface area contributed by atoms with E-state index in [9.17, 15) is 18.0 Å². The number of hydrogen-bond acceptors (Lipinski definition) is 3. The van der Waals surface area contributed by atoms with E-state index in [1.807, 2.05) is 5.92 Å². The first-order valence-electron chi connectivity index (χ1n) is 4.90. The van der Waals surface area contributed by atoms with Crippen molar-refractivity contribution in [1.82, 2.24) is 0 Å². The van der Waals surface area contributed by atoms with E-state index >= 15 is 0 Å². The van der Waals surface area contributed by atoms with E-state index in [4.69, 9.17) is 11.6 Å². The van der Waals surface area contributed by atoms with Crippen LogP contribution in [0.2, 0.25) is 0 Å². The van der Waals surface area contributed by atoms with Crippen molar-refractivity contribution in [2.75, 3.05) is 12.5 Å². The van der Waals surface area contributed by atoms with Crippen LogP contribution in [0.1, 0.15) is 19.3 Å². The Labute approximate surface area is 101 Å². The maximum absolute atomic E-state index is 12.7. The molecule has 1 atom stereocenters. The topological polar surface area (TPSA) is 35.5 Å². The molecule has 1 heterocycles. The molecule has 0 radical (unpaired) electrons. The van der Waals surface area contributed by atoms with Crippen LogP contribution < -0.4 is 0 Å². The SMILES string of the molecule is O=C1OCC(C#CCCCCCl)(C(F)(F)F)O1. The Morgan fingerprint density at radius 2 is 2.12 bits per heavy atom. The average molecular weight is 271 g/mol. The van der Waals surface area contributed by atoms with Crippen LogP contribution in [0.25, 0.3) is 0 Å². The minimum Gasteiger partial charge on any atom is -0.428 e. The van der Waals surface area contributed by atoms with Crippen molar-refractivity contribution < 1.29 is 27.4 Å². The molecule has 17 heavy (non-hydrogen) atoms. The van der Waals surface area contributed by atoms with Gasteiger partial charge in [-0.25, -0.2) is 4.79 Å². The quantitative estimate of drug-likeness (QED) is 0.342. The molecule has 0 saturated carbocycles. The highest BCUT2D eigenvalue weighted by atomic mass is 35.5. The number of hydrogen-bond donors (Lipinski definition) is 0. The number of cyclic esters (lactones) is 2. The fourth-order valence-corrected chi connectivity index (χ4v) is 1.34. The predicted molar refractivity (Wildman–Crippen MR) is 53.6 cm³/mol. The fraction of sp³-hybridized carbons (Fsp3) is 0.700. The van der Waals surface area contributed by atoms with Gasteiger partial charge in [-0.2, -0.15) is 13.2 Å². The second kappa shape index (κ2) is 5.50. The van der Waals surface area contributed by atoms with Crippen molar-refractivity contribution >= 4 is 17.8 Å². The number of ether oxygens (including phenoxy) is 2. The van der Waals surface area contributed by atoms with Gasteiger partial charge in [0.25, 0.3) is 0 Å². The zero-order valence-electron chi connectivity index (χ0n) is 8.77. The molecule has 0 bridgehead atoms. The van der Waals surface area contributed by atoms with Crippen molar-refractivity contribution in [2.24, 2.45) is 0 Å². The van der Waals surface area contributed by atoms with Gasteiger partial charge in [-0.15, -0.1) is 11.6 Å². The zero-order chi connectivity index (χ0) is 12.9. The van der Waals surface area contributed by atoms with Gasteiger partial charge in [-0.1, -0.05) is 5.92 Å². The highest BCUT2D eigenvalue weighted by molar-refractivity contribution is 6.17. The van der Waals surface area contributed by atoms with Crippen LogP contribution in [0.15, 0.2) is 0 Å². The van der Waals surface area contributed by atoms with Crippen LogP contribution in [0.3, 0.4) is 0 Å². The minimum absolute atomic E-state index is 0.266. The van der Waals surface area contributed by atoms with Crippen LogP contribution >= 0.6 is 11.6 Å². The highest BCUT2D eigenvalue weighted by Gasteiger charge is 2.62. The van der Waals surface area contributed by atoms with E-state index < -0.39 is 24.5 Å². The first kappa shape index (κ1) is 14.0. The van der Waals surface area contributed by atoms with E-state index in [2.05, 4.69) is 15.4 Å². The third kappa shape index (κ3) is 3.43. The Bertz CT molecular complexity index is 345. The molecular weight excluding hydrogens is 261 g/mol. The van der Waals surface area contributed by atoms with E-state index in [1.165, 1.54) is 0 Å². The van der Waals surface area contributed by atoms with Crippen LogP contribution in [0.4, 0.5) is 18.0 Å². The van der Waals surface area contributed by atoms with Crippen molar-refractivity contribution in [3.63, 3.8) is 0 Å². The molecule has 3 nitrogen and oxygen atoms in total. The number of halogens is 4. The smallest absolute Gasteiger partial charge is 0.428 e. The standard InChI is InChI=1S/C10H10ClF3O3/c11-6-4-2-1-3-5-9(10(12,13)14)7-16-8(15)17-9/h1-2,4,6-7H2. The predicted octanol–water partition coefficient (Wildman–Crippen LogP) is 2.87. The Balaban J connectivity index is 2.69. The molecule has 0 aromatic rings. The Morgan fingerprint density at radius 1 is 1.41 bits per heavy atom. The molecule has 1 fully saturated rings. The van der Waals surface area contributed by atoms with Crippen molar-refractivity contribution in [2.45, 2.75) is 31.0 Å². The van der Waals surface area contributed by atoms with Gasteiger partial charge in [0.1, 0.15) is 0 Å². The maximum atomic E-state index is 12.7. The molecule has 0 spiro atoms. The molecule has 0 aromatic heterocycles. The lowest BCUT2D eigenvalue weighted by Gasteiger charge is -2.21. The Morgan fingerprint density at radius 3 is 2.59 bits per heavy atom. The summed E-state index contributed by atoms with van der Waals surface area (Å²) in [6.07, 6.45) is -4.58. The lowest BCUT2D eigenvalue weighted by atomic mass is 10.1. The van der Waals surface area contributed by atoms with Gasteiger partial charge in [-0.3, -0.25) is 0 Å². The molecule has 7 heteroatoms. The lowest BCUT2D eigenvalue weighted by Crippen LogP contribution is -2.46. The molecule has 1 unspecified atom stereocenters. The first-order valence-corrected chi connectivity index (χ1v) is 5.43. The number of rotatable bonds is 3. The average Bonchev–Trinajstić information content (AvgIpc) is 2.60. The number of carbonyl (C=O) groups excluding carboxylic acids is 1. The normalized spacial score (nSPS) is 23.6. The minimum atomic E-state index is -4.77. The molecule has 96 valence electrons. The Kier molecular flexibility index (Phi) is 4.52. The summed E-state index contributed by atoms with van der Waals surface area (Å²) in [6, 6.07) is 0. The summed E-state index contributed by atoms with van der Waals surface area (Å²) in [5, 5.41) is 0. The van der Waals surface area contributed by atoms with Crippen LogP contribution in [0.5, 0.6) is 0 Å². The van der Waals surface area contributed by atoms with Gasteiger partial charge in [0.15, 0.2) is 6.61 Å². The largest absolute Gasteiger partial charge is 0.510 e. The van der Waals surface area contributed by atoms with E-state index in [-0.39, 0.29) is 6.42 Å². The maximum Gasteiger partial charge on any atom is 0.510 e. The number of carbonyl (C=O) groups is 1. The summed E-state index contributed by atoms with van der Waals surface area (Å²) >= 11 is 5.41. The zero-order valence-corrected chi connectivity index (χ0v) is 9.53. The fourth-order valence-electron chi connectivity index (χ4n) is 1.15. The lowest BCUT2D eigenvalue weighted by molar-refractivity contribution is -0.223. The van der Waals surface area contributed by atoms with Crippen LogP contribution in [-0.2, 0) is 9.47 Å². The molecule has 1 aliphatic heterocycles. The van der Waals surface area contributed by atoms with E-state index in [0.717, 1.165) is 0 Å². The van der Waals surface area contributed by atoms with Crippen LogP contribution in [-0.4, -0.2) is 30.4 Å². The van der Waals surface area contributed by atoms with Gasteiger partial charge in [0.05, 0.1) is 0 Å². The molecule has 1 rings (SSSR count). The number of alkyl halides is 4. The van der Waals surface area contributed by atoms with E-state index in [0.29, 0.717) is 18.7 Å². The monoisotopic (exact) mass is 270 g/mol. The van der Waals surface area contributed by atoms with Crippen molar-refractivity contribution in [1.29, 1.82) is 0 Å². The van der Waals surface area contributed by atoms with Crippen molar-refractivity contribution in [3.8, 4) is 11.8 Å².